The predicted octanol–water partition coefficient (Wildman–Crippen LogP) is 2.08. The van der Waals surface area contributed by atoms with E-state index in [1.165, 1.54) is 0 Å². The monoisotopic (exact) mass is 487 g/mol. The number of aliphatic imine (C=N–C) groups is 1. The number of carbonyl (C=O) groups is 1. The molecule has 2 aliphatic carbocycles. The van der Waals surface area contributed by atoms with Crippen LogP contribution in [-0.2, 0) is 4.79 Å². The van der Waals surface area contributed by atoms with Crippen molar-refractivity contribution in [3.63, 3.8) is 0 Å². The van der Waals surface area contributed by atoms with Gasteiger partial charge in [-0.3, -0.25) is 14.8 Å². The van der Waals surface area contributed by atoms with Gasteiger partial charge < -0.3 is 20.7 Å². The molecule has 8 heteroatoms. The van der Waals surface area contributed by atoms with Crippen LogP contribution in [0.15, 0.2) is 29.5 Å². The van der Waals surface area contributed by atoms with E-state index in [1.807, 2.05) is 12.1 Å². The van der Waals surface area contributed by atoms with Crippen LogP contribution in [0.5, 0.6) is 5.75 Å². The number of halogens is 1. The number of pyridine rings is 1. The third-order valence-electron chi connectivity index (χ3n) is 4.83. The molecule has 3 N–H and O–H groups in total. The zero-order chi connectivity index (χ0) is 18.2. The summed E-state index contributed by atoms with van der Waals surface area (Å²) in [5.41, 5.74) is 0. The molecule has 0 aromatic carbocycles. The van der Waals surface area contributed by atoms with Crippen molar-refractivity contribution >= 4 is 35.8 Å². The van der Waals surface area contributed by atoms with Gasteiger partial charge in [0.05, 0.1) is 12.7 Å². The highest BCUT2D eigenvalue weighted by atomic mass is 127. The predicted molar refractivity (Wildman–Crippen MR) is 117 cm³/mol. The van der Waals surface area contributed by atoms with Gasteiger partial charge in [0, 0.05) is 31.2 Å². The second-order valence-corrected chi connectivity index (χ2v) is 7.02. The van der Waals surface area contributed by atoms with Gasteiger partial charge in [-0.2, -0.15) is 0 Å². The Balaban J connectivity index is 0.00000261. The van der Waals surface area contributed by atoms with Crippen molar-refractivity contribution in [3.05, 3.63) is 24.5 Å². The first kappa shape index (κ1) is 21.7. The molecule has 0 saturated heterocycles. The maximum atomic E-state index is 12.3. The quantitative estimate of drug-likeness (QED) is 0.237. The van der Waals surface area contributed by atoms with Gasteiger partial charge in [0.1, 0.15) is 12.4 Å². The number of ether oxygens (including phenoxy) is 1. The number of rotatable bonds is 7. The van der Waals surface area contributed by atoms with Crippen molar-refractivity contribution in [3.8, 4) is 5.75 Å². The molecule has 0 bridgehead atoms. The lowest BCUT2D eigenvalue weighted by atomic mass is 9.85. The molecular weight excluding hydrogens is 457 g/mol. The Labute approximate surface area is 178 Å². The largest absolute Gasteiger partial charge is 0.490 e. The maximum absolute atomic E-state index is 12.3. The summed E-state index contributed by atoms with van der Waals surface area (Å²) in [6.45, 7) is 1.18. The topological polar surface area (TPSA) is 87.6 Å². The van der Waals surface area contributed by atoms with Gasteiger partial charge in [0.15, 0.2) is 5.96 Å². The first-order valence-corrected chi connectivity index (χ1v) is 9.55. The highest BCUT2D eigenvalue weighted by molar-refractivity contribution is 14.0. The zero-order valence-corrected chi connectivity index (χ0v) is 18.1. The molecule has 1 aromatic heterocycles. The number of nitrogens with zero attached hydrogens (tertiary/aromatic N) is 2. The van der Waals surface area contributed by atoms with Crippen LogP contribution in [0.1, 0.15) is 38.5 Å². The van der Waals surface area contributed by atoms with Crippen LogP contribution in [-0.4, -0.2) is 49.1 Å². The fourth-order valence-corrected chi connectivity index (χ4v) is 3.26. The van der Waals surface area contributed by atoms with E-state index in [-0.39, 0.29) is 41.8 Å². The number of nitrogens with one attached hydrogen (secondary N) is 3. The second kappa shape index (κ2) is 11.3. The van der Waals surface area contributed by atoms with Gasteiger partial charge in [0.2, 0.25) is 5.91 Å². The summed E-state index contributed by atoms with van der Waals surface area (Å²) in [5, 5.41) is 9.85. The minimum absolute atomic E-state index is 0. The van der Waals surface area contributed by atoms with Gasteiger partial charge in [-0.1, -0.05) is 6.42 Å². The lowest BCUT2D eigenvalue weighted by Gasteiger charge is -2.30. The van der Waals surface area contributed by atoms with E-state index >= 15 is 0 Å². The molecule has 0 radical (unpaired) electrons. The minimum Gasteiger partial charge on any atom is -0.490 e. The molecule has 2 atom stereocenters. The molecule has 0 spiro atoms. The standard InChI is InChI=1S/C19H29N5O2.HI/c1-20-19(22-10-11-26-17-6-3-9-21-13-17)24-16-5-2-4-14(12-16)18(25)23-15-7-8-15;/h3,6,9,13-16H,2,4-5,7-8,10-12H2,1H3,(H,23,25)(H2,20,22,24);1H. The normalized spacial score (nSPS) is 22.3. The fourth-order valence-electron chi connectivity index (χ4n) is 3.26. The number of amides is 1. The summed E-state index contributed by atoms with van der Waals surface area (Å²) >= 11 is 0. The van der Waals surface area contributed by atoms with E-state index in [0.29, 0.717) is 19.2 Å². The molecule has 2 fully saturated rings. The Morgan fingerprint density at radius 1 is 1.26 bits per heavy atom. The summed E-state index contributed by atoms with van der Waals surface area (Å²) in [4.78, 5) is 20.6. The summed E-state index contributed by atoms with van der Waals surface area (Å²) in [7, 11) is 1.76. The van der Waals surface area contributed by atoms with E-state index in [2.05, 4.69) is 25.9 Å². The molecule has 27 heavy (non-hydrogen) atoms. The van der Waals surface area contributed by atoms with Crippen LogP contribution in [0.3, 0.4) is 0 Å². The third kappa shape index (κ3) is 7.51. The molecule has 1 heterocycles. The number of aromatic nitrogens is 1. The Hall–Kier alpha value is -1.58. The molecule has 1 amide bonds. The highest BCUT2D eigenvalue weighted by Crippen LogP contribution is 2.26. The van der Waals surface area contributed by atoms with Gasteiger partial charge >= 0.3 is 0 Å². The highest BCUT2D eigenvalue weighted by Gasteiger charge is 2.31. The number of guanidine groups is 1. The molecule has 2 saturated carbocycles. The van der Waals surface area contributed by atoms with E-state index < -0.39 is 0 Å². The molecule has 3 rings (SSSR count). The molecule has 0 aliphatic heterocycles. The van der Waals surface area contributed by atoms with Crippen molar-refractivity contribution in [1.29, 1.82) is 0 Å². The van der Waals surface area contributed by atoms with Gasteiger partial charge in [-0.15, -0.1) is 24.0 Å². The van der Waals surface area contributed by atoms with Crippen molar-refractivity contribution in [1.82, 2.24) is 20.9 Å². The van der Waals surface area contributed by atoms with Crippen LogP contribution >= 0.6 is 24.0 Å². The lowest BCUT2D eigenvalue weighted by Crippen LogP contribution is -2.47. The first-order chi connectivity index (χ1) is 12.7. The molecule has 1 aromatic rings. The Morgan fingerprint density at radius 2 is 2.11 bits per heavy atom. The van der Waals surface area contributed by atoms with E-state index in [1.54, 1.807) is 19.4 Å². The van der Waals surface area contributed by atoms with Crippen LogP contribution in [0.2, 0.25) is 0 Å². The summed E-state index contributed by atoms with van der Waals surface area (Å²) in [5.74, 6) is 1.86. The third-order valence-corrected chi connectivity index (χ3v) is 4.83. The van der Waals surface area contributed by atoms with Gasteiger partial charge in [-0.05, 0) is 44.2 Å². The summed E-state index contributed by atoms with van der Waals surface area (Å²) < 4.78 is 5.62. The van der Waals surface area contributed by atoms with Crippen molar-refractivity contribution in [2.75, 3.05) is 20.2 Å². The van der Waals surface area contributed by atoms with Crippen LogP contribution in [0.4, 0.5) is 0 Å². The van der Waals surface area contributed by atoms with Crippen LogP contribution < -0.4 is 20.7 Å². The van der Waals surface area contributed by atoms with Crippen molar-refractivity contribution in [2.24, 2.45) is 10.9 Å². The molecule has 2 aliphatic rings. The van der Waals surface area contributed by atoms with E-state index in [9.17, 15) is 4.79 Å². The van der Waals surface area contributed by atoms with Crippen molar-refractivity contribution < 1.29 is 9.53 Å². The SMILES string of the molecule is CN=C(NCCOc1cccnc1)NC1CCCC(C(=O)NC2CC2)C1.I. The second-order valence-electron chi connectivity index (χ2n) is 7.02. The lowest BCUT2D eigenvalue weighted by molar-refractivity contribution is -0.126. The zero-order valence-electron chi connectivity index (χ0n) is 15.8. The van der Waals surface area contributed by atoms with Crippen molar-refractivity contribution in [2.45, 2.75) is 50.6 Å². The van der Waals surface area contributed by atoms with E-state index in [0.717, 1.165) is 50.2 Å². The van der Waals surface area contributed by atoms with Crippen LogP contribution in [0, 0.1) is 5.92 Å². The minimum atomic E-state index is 0. The smallest absolute Gasteiger partial charge is 0.223 e. The average Bonchev–Trinajstić information content (AvgIpc) is 3.49. The molecule has 7 nitrogen and oxygen atoms in total. The Bertz CT molecular complexity index is 609. The fraction of sp³-hybridized carbons (Fsp3) is 0.632. The van der Waals surface area contributed by atoms with Crippen LogP contribution in [0.25, 0.3) is 0 Å². The summed E-state index contributed by atoms with van der Waals surface area (Å²) in [6.07, 6.45) is 9.69. The number of carbonyl (C=O) groups excluding carboxylic acids is 1. The molecule has 2 unspecified atom stereocenters. The van der Waals surface area contributed by atoms with E-state index in [4.69, 9.17) is 4.74 Å². The van der Waals surface area contributed by atoms with Gasteiger partial charge in [-0.25, -0.2) is 0 Å². The molecular formula is C19H30IN5O2. The first-order valence-electron chi connectivity index (χ1n) is 9.55. The summed E-state index contributed by atoms with van der Waals surface area (Å²) in [6, 6.07) is 4.45. The molecule has 150 valence electrons. The number of hydrogen-bond donors (Lipinski definition) is 3. The van der Waals surface area contributed by atoms with Gasteiger partial charge in [0.25, 0.3) is 0 Å². The average molecular weight is 487 g/mol. The maximum Gasteiger partial charge on any atom is 0.223 e. The Kier molecular flexibility index (Phi) is 9.09. The Morgan fingerprint density at radius 3 is 2.81 bits per heavy atom. The number of hydrogen-bond acceptors (Lipinski definition) is 4.